The fraction of sp³-hybridized carbons (Fsp3) is 0.562. The molecular weight excluding hydrogens is 290 g/mol. The highest BCUT2D eigenvalue weighted by atomic mass is 19.3. The van der Waals surface area contributed by atoms with Gasteiger partial charge in [0.1, 0.15) is 5.75 Å². The van der Waals surface area contributed by atoms with E-state index in [9.17, 15) is 13.6 Å². The molecule has 1 atom stereocenters. The van der Waals surface area contributed by atoms with Crippen LogP contribution in [-0.2, 0) is 11.2 Å². The Kier molecular flexibility index (Phi) is 4.57. The van der Waals surface area contributed by atoms with Gasteiger partial charge < -0.3 is 15.0 Å². The van der Waals surface area contributed by atoms with Crippen LogP contribution in [0.5, 0.6) is 5.75 Å². The van der Waals surface area contributed by atoms with Gasteiger partial charge in [-0.3, -0.25) is 4.79 Å². The second kappa shape index (κ2) is 6.60. The highest BCUT2D eigenvalue weighted by Gasteiger charge is 2.29. The van der Waals surface area contributed by atoms with Crippen LogP contribution in [0.25, 0.3) is 0 Å². The third-order valence-electron chi connectivity index (χ3n) is 4.31. The number of ether oxygens (including phenoxy) is 1. The van der Waals surface area contributed by atoms with Gasteiger partial charge in [0, 0.05) is 18.8 Å². The number of rotatable bonds is 3. The standard InChI is InChI=1S/C16H20F2N2O2/c17-16(18)22-13-5-6-14-11(9-13)4-2-8-20(14)15(21)12-3-1-7-19-10-12/h5-6,9,12,16,19H,1-4,7-8,10H2. The van der Waals surface area contributed by atoms with Crippen molar-refractivity contribution in [2.45, 2.75) is 32.3 Å². The van der Waals surface area contributed by atoms with Crippen molar-refractivity contribution in [3.05, 3.63) is 23.8 Å². The maximum Gasteiger partial charge on any atom is 0.387 e. The number of hydrogen-bond acceptors (Lipinski definition) is 3. The summed E-state index contributed by atoms with van der Waals surface area (Å²) in [4.78, 5) is 14.5. The van der Waals surface area contributed by atoms with Gasteiger partial charge in [0.25, 0.3) is 0 Å². The first-order valence-electron chi connectivity index (χ1n) is 7.75. The molecule has 2 aliphatic rings. The summed E-state index contributed by atoms with van der Waals surface area (Å²) < 4.78 is 29.1. The van der Waals surface area contributed by atoms with Gasteiger partial charge in [0.15, 0.2) is 0 Å². The highest BCUT2D eigenvalue weighted by molar-refractivity contribution is 5.96. The number of benzene rings is 1. The molecule has 4 nitrogen and oxygen atoms in total. The molecular formula is C16H20F2N2O2. The third kappa shape index (κ3) is 3.21. The molecule has 0 radical (unpaired) electrons. The summed E-state index contributed by atoms with van der Waals surface area (Å²) >= 11 is 0. The molecule has 3 rings (SSSR count). The largest absolute Gasteiger partial charge is 0.435 e. The summed E-state index contributed by atoms with van der Waals surface area (Å²) in [7, 11) is 0. The summed E-state index contributed by atoms with van der Waals surface area (Å²) in [6.07, 6.45) is 3.54. The third-order valence-corrected chi connectivity index (χ3v) is 4.31. The molecule has 22 heavy (non-hydrogen) atoms. The first kappa shape index (κ1) is 15.2. The van der Waals surface area contributed by atoms with Crippen molar-refractivity contribution in [3.8, 4) is 5.75 Å². The van der Waals surface area contributed by atoms with Crippen molar-refractivity contribution in [3.63, 3.8) is 0 Å². The van der Waals surface area contributed by atoms with Gasteiger partial charge in [-0.05, 0) is 56.0 Å². The van der Waals surface area contributed by atoms with E-state index < -0.39 is 6.61 Å². The lowest BCUT2D eigenvalue weighted by Gasteiger charge is -2.34. The van der Waals surface area contributed by atoms with Crippen molar-refractivity contribution in [2.75, 3.05) is 24.5 Å². The molecule has 0 aliphatic carbocycles. The molecule has 0 spiro atoms. The predicted molar refractivity (Wildman–Crippen MR) is 79.3 cm³/mol. The van der Waals surface area contributed by atoms with Gasteiger partial charge in [-0.1, -0.05) is 0 Å². The Morgan fingerprint density at radius 3 is 2.95 bits per heavy atom. The number of carbonyl (C=O) groups is 1. The number of carbonyl (C=O) groups excluding carboxylic acids is 1. The summed E-state index contributed by atoms with van der Waals surface area (Å²) in [6, 6.07) is 4.86. The van der Waals surface area contributed by atoms with Crippen molar-refractivity contribution in [1.82, 2.24) is 5.32 Å². The second-order valence-electron chi connectivity index (χ2n) is 5.81. The molecule has 1 aromatic rings. The molecule has 0 bridgehead atoms. The number of fused-ring (bicyclic) bond motifs is 1. The van der Waals surface area contributed by atoms with Crippen molar-refractivity contribution in [2.24, 2.45) is 5.92 Å². The highest BCUT2D eigenvalue weighted by Crippen LogP contribution is 2.32. The van der Waals surface area contributed by atoms with E-state index in [1.54, 1.807) is 12.1 Å². The molecule has 1 amide bonds. The van der Waals surface area contributed by atoms with Crippen molar-refractivity contribution < 1.29 is 18.3 Å². The van der Waals surface area contributed by atoms with Crippen LogP contribution < -0.4 is 15.0 Å². The van der Waals surface area contributed by atoms with E-state index in [1.807, 2.05) is 4.90 Å². The smallest absolute Gasteiger partial charge is 0.387 e. The maximum absolute atomic E-state index is 12.7. The number of anilines is 1. The van der Waals surface area contributed by atoms with Crippen LogP contribution in [0.3, 0.4) is 0 Å². The van der Waals surface area contributed by atoms with Crippen LogP contribution in [0.2, 0.25) is 0 Å². The summed E-state index contributed by atoms with van der Waals surface area (Å²) in [5.74, 6) is 0.301. The fourth-order valence-electron chi connectivity index (χ4n) is 3.26. The van der Waals surface area contributed by atoms with Crippen molar-refractivity contribution >= 4 is 11.6 Å². The van der Waals surface area contributed by atoms with Gasteiger partial charge in [0.05, 0.1) is 5.92 Å². The molecule has 6 heteroatoms. The van der Waals surface area contributed by atoms with E-state index >= 15 is 0 Å². The molecule has 1 saturated heterocycles. The summed E-state index contributed by atoms with van der Waals surface area (Å²) in [6.45, 7) is -0.448. The van der Waals surface area contributed by atoms with E-state index in [-0.39, 0.29) is 17.6 Å². The number of halogens is 2. The lowest BCUT2D eigenvalue weighted by atomic mass is 9.95. The Morgan fingerprint density at radius 2 is 2.23 bits per heavy atom. The normalized spacial score (nSPS) is 21.6. The number of amides is 1. The Hall–Kier alpha value is -1.69. The minimum absolute atomic E-state index is 0.0108. The average Bonchev–Trinajstić information content (AvgIpc) is 2.53. The zero-order chi connectivity index (χ0) is 15.5. The van der Waals surface area contributed by atoms with E-state index in [0.29, 0.717) is 6.54 Å². The Bertz CT molecular complexity index is 545. The molecule has 1 fully saturated rings. The van der Waals surface area contributed by atoms with Gasteiger partial charge in [-0.2, -0.15) is 8.78 Å². The number of nitrogens with zero attached hydrogens (tertiary/aromatic N) is 1. The van der Waals surface area contributed by atoms with E-state index in [2.05, 4.69) is 10.1 Å². The first-order chi connectivity index (χ1) is 10.6. The van der Waals surface area contributed by atoms with Crippen LogP contribution >= 0.6 is 0 Å². The lowest BCUT2D eigenvalue weighted by molar-refractivity contribution is -0.123. The van der Waals surface area contributed by atoms with Gasteiger partial charge in [-0.15, -0.1) is 0 Å². The molecule has 120 valence electrons. The zero-order valence-corrected chi connectivity index (χ0v) is 12.4. The molecule has 1 aromatic carbocycles. The molecule has 0 aromatic heterocycles. The number of hydrogen-bond donors (Lipinski definition) is 1. The maximum atomic E-state index is 12.7. The van der Waals surface area contributed by atoms with Gasteiger partial charge >= 0.3 is 6.61 Å². The van der Waals surface area contributed by atoms with E-state index in [0.717, 1.165) is 50.0 Å². The van der Waals surface area contributed by atoms with Gasteiger partial charge in [0.2, 0.25) is 5.91 Å². The Labute approximate surface area is 128 Å². The zero-order valence-electron chi connectivity index (χ0n) is 12.4. The summed E-state index contributed by atoms with van der Waals surface area (Å²) in [5.41, 5.74) is 1.74. The number of aryl methyl sites for hydroxylation is 1. The SMILES string of the molecule is O=C(C1CCCNC1)N1CCCc2cc(OC(F)F)ccc21. The summed E-state index contributed by atoms with van der Waals surface area (Å²) in [5, 5.41) is 3.26. The van der Waals surface area contributed by atoms with Gasteiger partial charge in [-0.25, -0.2) is 0 Å². The molecule has 2 aliphatic heterocycles. The van der Waals surface area contributed by atoms with Crippen molar-refractivity contribution in [1.29, 1.82) is 0 Å². The lowest BCUT2D eigenvalue weighted by Crippen LogP contribution is -2.45. The number of piperidine rings is 1. The second-order valence-corrected chi connectivity index (χ2v) is 5.81. The monoisotopic (exact) mass is 310 g/mol. The topological polar surface area (TPSA) is 41.6 Å². The predicted octanol–water partition coefficient (Wildman–Crippen LogP) is 2.57. The molecule has 0 saturated carbocycles. The van der Waals surface area contributed by atoms with Crippen LogP contribution in [0.1, 0.15) is 24.8 Å². The fourth-order valence-corrected chi connectivity index (χ4v) is 3.26. The number of alkyl halides is 2. The quantitative estimate of drug-likeness (QED) is 0.933. The minimum Gasteiger partial charge on any atom is -0.435 e. The molecule has 2 heterocycles. The minimum atomic E-state index is -2.83. The Balaban J connectivity index is 1.80. The van der Waals surface area contributed by atoms with Crippen LogP contribution in [0.4, 0.5) is 14.5 Å². The average molecular weight is 310 g/mol. The van der Waals surface area contributed by atoms with Crippen LogP contribution in [0.15, 0.2) is 18.2 Å². The van der Waals surface area contributed by atoms with Crippen LogP contribution in [0, 0.1) is 5.92 Å². The molecule has 1 unspecified atom stereocenters. The first-order valence-corrected chi connectivity index (χ1v) is 7.75. The Morgan fingerprint density at radius 1 is 1.36 bits per heavy atom. The van der Waals surface area contributed by atoms with E-state index in [1.165, 1.54) is 6.07 Å². The molecule has 1 N–H and O–H groups in total. The number of nitrogens with one attached hydrogen (secondary N) is 1. The van der Waals surface area contributed by atoms with E-state index in [4.69, 9.17) is 0 Å². The van der Waals surface area contributed by atoms with Crippen LogP contribution in [-0.4, -0.2) is 32.2 Å².